The van der Waals surface area contributed by atoms with Crippen LogP contribution in [0.25, 0.3) is 11.3 Å². The van der Waals surface area contributed by atoms with Crippen molar-refractivity contribution in [2.45, 2.75) is 0 Å². The van der Waals surface area contributed by atoms with Crippen LogP contribution in [0.4, 0.5) is 0 Å². The highest BCUT2D eigenvalue weighted by atomic mass is 79.9. The number of halogens is 1. The molecule has 1 aromatic heterocycles. The van der Waals surface area contributed by atoms with E-state index in [0.717, 1.165) is 26.9 Å². The van der Waals surface area contributed by atoms with Crippen molar-refractivity contribution in [3.8, 4) is 23.1 Å². The van der Waals surface area contributed by atoms with Gasteiger partial charge in [0.05, 0.1) is 17.9 Å². The summed E-state index contributed by atoms with van der Waals surface area (Å²) < 4.78 is 9.29. The largest absolute Gasteiger partial charge is 0.181 e. The summed E-state index contributed by atoms with van der Waals surface area (Å²) in [5.74, 6) is 6.34. The Morgan fingerprint density at radius 1 is 0.950 bits per heavy atom. The summed E-state index contributed by atoms with van der Waals surface area (Å²) in [6.07, 6.45) is 1.77. The van der Waals surface area contributed by atoms with Crippen molar-refractivity contribution in [2.24, 2.45) is 0 Å². The molecular formula is C16H9BrN2S. The molecule has 0 spiro atoms. The Hall–Kier alpha value is -1.96. The van der Waals surface area contributed by atoms with Gasteiger partial charge in [-0.1, -0.05) is 46.0 Å². The summed E-state index contributed by atoms with van der Waals surface area (Å²) in [4.78, 5) is 0. The van der Waals surface area contributed by atoms with Gasteiger partial charge in [0.2, 0.25) is 0 Å². The fraction of sp³-hybridized carbons (Fsp3) is 0. The molecule has 0 amide bonds. The Morgan fingerprint density at radius 2 is 1.70 bits per heavy atom. The molecule has 0 unspecified atom stereocenters. The van der Waals surface area contributed by atoms with E-state index in [1.165, 1.54) is 11.7 Å². The highest BCUT2D eigenvalue weighted by Crippen LogP contribution is 2.18. The molecular weight excluding hydrogens is 332 g/mol. The summed E-state index contributed by atoms with van der Waals surface area (Å²) in [5, 5.41) is 0. The van der Waals surface area contributed by atoms with E-state index < -0.39 is 0 Å². The Balaban J connectivity index is 1.91. The van der Waals surface area contributed by atoms with Crippen LogP contribution < -0.4 is 0 Å². The van der Waals surface area contributed by atoms with E-state index in [0.29, 0.717) is 0 Å². The highest BCUT2D eigenvalue weighted by Gasteiger charge is 2.00. The molecule has 20 heavy (non-hydrogen) atoms. The second-order valence-corrected chi connectivity index (χ2v) is 5.61. The van der Waals surface area contributed by atoms with E-state index in [1.807, 2.05) is 48.5 Å². The van der Waals surface area contributed by atoms with Gasteiger partial charge in [0.25, 0.3) is 0 Å². The molecule has 0 fully saturated rings. The van der Waals surface area contributed by atoms with Crippen LogP contribution in [-0.2, 0) is 0 Å². The van der Waals surface area contributed by atoms with Crippen molar-refractivity contribution >= 4 is 27.7 Å². The van der Waals surface area contributed by atoms with E-state index in [1.54, 1.807) is 6.20 Å². The van der Waals surface area contributed by atoms with Gasteiger partial charge >= 0.3 is 0 Å². The molecule has 0 aliphatic carbocycles. The fourth-order valence-corrected chi connectivity index (χ4v) is 2.59. The normalized spacial score (nSPS) is 9.85. The number of hydrogen-bond donors (Lipinski definition) is 0. The SMILES string of the molecule is Brc1cccc(C#Cc2cccc(-c3cnsn3)c2)c1. The lowest BCUT2D eigenvalue weighted by Crippen LogP contribution is -1.80. The number of nitrogens with zero attached hydrogens (tertiary/aromatic N) is 2. The van der Waals surface area contributed by atoms with Crippen molar-refractivity contribution < 1.29 is 0 Å². The summed E-state index contributed by atoms with van der Waals surface area (Å²) in [6.45, 7) is 0. The summed E-state index contributed by atoms with van der Waals surface area (Å²) >= 11 is 4.66. The maximum absolute atomic E-state index is 4.23. The van der Waals surface area contributed by atoms with Crippen LogP contribution in [0.2, 0.25) is 0 Å². The third-order valence-electron chi connectivity index (χ3n) is 2.70. The van der Waals surface area contributed by atoms with Gasteiger partial charge in [0.15, 0.2) is 0 Å². The van der Waals surface area contributed by atoms with Crippen LogP contribution in [0.3, 0.4) is 0 Å². The molecule has 2 aromatic carbocycles. The Bertz CT molecular complexity index is 785. The van der Waals surface area contributed by atoms with Crippen LogP contribution >= 0.6 is 27.7 Å². The van der Waals surface area contributed by atoms with Crippen molar-refractivity contribution in [1.82, 2.24) is 8.75 Å². The smallest absolute Gasteiger partial charge is 0.104 e. The molecule has 1 heterocycles. The first-order valence-corrected chi connectivity index (χ1v) is 7.49. The van der Waals surface area contributed by atoms with Crippen LogP contribution in [0, 0.1) is 11.8 Å². The predicted molar refractivity (Wildman–Crippen MR) is 85.5 cm³/mol. The van der Waals surface area contributed by atoms with Gasteiger partial charge in [-0.05, 0) is 30.3 Å². The van der Waals surface area contributed by atoms with E-state index in [-0.39, 0.29) is 0 Å². The van der Waals surface area contributed by atoms with E-state index >= 15 is 0 Å². The van der Waals surface area contributed by atoms with Gasteiger partial charge < -0.3 is 0 Å². The van der Waals surface area contributed by atoms with E-state index in [9.17, 15) is 0 Å². The molecule has 3 rings (SSSR count). The standard InChI is InChI=1S/C16H9BrN2S/c17-15-6-2-4-13(10-15)8-7-12-3-1-5-14(9-12)16-11-18-20-19-16/h1-6,9-11H. The lowest BCUT2D eigenvalue weighted by Gasteiger charge is -1.96. The van der Waals surface area contributed by atoms with Gasteiger partial charge in [0.1, 0.15) is 5.69 Å². The molecule has 0 N–H and O–H groups in total. The molecule has 0 saturated heterocycles. The van der Waals surface area contributed by atoms with Crippen LogP contribution in [0.1, 0.15) is 11.1 Å². The quantitative estimate of drug-likeness (QED) is 0.615. The van der Waals surface area contributed by atoms with Crippen LogP contribution in [-0.4, -0.2) is 8.75 Å². The van der Waals surface area contributed by atoms with Crippen molar-refractivity contribution in [3.05, 3.63) is 70.3 Å². The average molecular weight is 341 g/mol. The molecule has 4 heteroatoms. The first-order valence-electron chi connectivity index (χ1n) is 5.97. The third-order valence-corrected chi connectivity index (χ3v) is 3.67. The van der Waals surface area contributed by atoms with Gasteiger partial charge in [-0.2, -0.15) is 8.75 Å². The van der Waals surface area contributed by atoms with Gasteiger partial charge in [-0.3, -0.25) is 0 Å². The number of aromatic nitrogens is 2. The topological polar surface area (TPSA) is 25.8 Å². The van der Waals surface area contributed by atoms with Gasteiger partial charge in [-0.15, -0.1) is 0 Å². The summed E-state index contributed by atoms with van der Waals surface area (Å²) in [7, 11) is 0. The average Bonchev–Trinajstić information content (AvgIpc) is 3.00. The molecule has 0 aliphatic heterocycles. The lowest BCUT2D eigenvalue weighted by atomic mass is 10.1. The fourth-order valence-electron chi connectivity index (χ4n) is 1.76. The number of benzene rings is 2. The zero-order chi connectivity index (χ0) is 13.8. The van der Waals surface area contributed by atoms with Crippen molar-refractivity contribution in [2.75, 3.05) is 0 Å². The van der Waals surface area contributed by atoms with E-state index in [2.05, 4.69) is 36.5 Å². The monoisotopic (exact) mass is 340 g/mol. The first-order chi connectivity index (χ1) is 9.81. The minimum atomic E-state index is 0.890. The second kappa shape index (κ2) is 6.00. The van der Waals surface area contributed by atoms with E-state index in [4.69, 9.17) is 0 Å². The molecule has 2 nitrogen and oxygen atoms in total. The molecule has 0 aliphatic rings. The van der Waals surface area contributed by atoms with Gasteiger partial charge in [0, 0.05) is 21.2 Å². The molecule has 0 bridgehead atoms. The summed E-state index contributed by atoms with van der Waals surface area (Å²) in [6, 6.07) is 16.0. The van der Waals surface area contributed by atoms with Crippen molar-refractivity contribution in [1.29, 1.82) is 0 Å². The number of hydrogen-bond acceptors (Lipinski definition) is 3. The predicted octanol–water partition coefficient (Wildman–Crippen LogP) is 4.37. The Morgan fingerprint density at radius 3 is 2.40 bits per heavy atom. The zero-order valence-electron chi connectivity index (χ0n) is 10.4. The molecule has 96 valence electrons. The highest BCUT2D eigenvalue weighted by molar-refractivity contribution is 9.10. The van der Waals surface area contributed by atoms with Gasteiger partial charge in [-0.25, -0.2) is 0 Å². The first kappa shape index (κ1) is 13.0. The lowest BCUT2D eigenvalue weighted by molar-refractivity contribution is 1.49. The molecule has 0 atom stereocenters. The van der Waals surface area contributed by atoms with Crippen molar-refractivity contribution in [3.63, 3.8) is 0 Å². The van der Waals surface area contributed by atoms with Crippen LogP contribution in [0.15, 0.2) is 59.2 Å². The third kappa shape index (κ3) is 3.13. The minimum Gasteiger partial charge on any atom is -0.181 e. The Labute approximate surface area is 130 Å². The molecule has 0 radical (unpaired) electrons. The van der Waals surface area contributed by atoms with Crippen LogP contribution in [0.5, 0.6) is 0 Å². The maximum Gasteiger partial charge on any atom is 0.104 e. The second-order valence-electron chi connectivity index (χ2n) is 4.13. The maximum atomic E-state index is 4.23. The minimum absolute atomic E-state index is 0.890. The number of rotatable bonds is 1. The Kier molecular flexibility index (Phi) is 3.91. The molecule has 0 saturated carbocycles. The summed E-state index contributed by atoms with van der Waals surface area (Å²) in [5.41, 5.74) is 3.89. The molecule has 3 aromatic rings. The zero-order valence-corrected chi connectivity index (χ0v) is 12.8.